The first-order valence-electron chi connectivity index (χ1n) is 5.80. The largest absolute Gasteiger partial charge is 0.481 e. The van der Waals surface area contributed by atoms with Gasteiger partial charge in [0.25, 0.3) is 0 Å². The summed E-state index contributed by atoms with van der Waals surface area (Å²) in [6.45, 7) is 0.829. The summed E-state index contributed by atoms with van der Waals surface area (Å²) in [5.41, 5.74) is 0. The SMILES string of the molecule is CNCCCC(=O)N[C@H]1CC[C@@H](C(=O)O)C1. The maximum absolute atomic E-state index is 11.5. The number of carbonyl (C=O) groups excluding carboxylic acids is 1. The molecule has 3 N–H and O–H groups in total. The van der Waals surface area contributed by atoms with Crippen LogP contribution in [0.3, 0.4) is 0 Å². The van der Waals surface area contributed by atoms with Gasteiger partial charge in [-0.05, 0) is 39.3 Å². The molecule has 92 valence electrons. The first-order valence-corrected chi connectivity index (χ1v) is 5.80. The van der Waals surface area contributed by atoms with Crippen LogP contribution < -0.4 is 10.6 Å². The van der Waals surface area contributed by atoms with Crippen LogP contribution in [0.4, 0.5) is 0 Å². The fraction of sp³-hybridized carbons (Fsp3) is 0.818. The fourth-order valence-corrected chi connectivity index (χ4v) is 2.06. The van der Waals surface area contributed by atoms with Crippen LogP contribution in [0, 0.1) is 5.92 Å². The van der Waals surface area contributed by atoms with Gasteiger partial charge in [0.1, 0.15) is 0 Å². The number of nitrogens with one attached hydrogen (secondary N) is 2. The molecule has 0 aromatic carbocycles. The Hall–Kier alpha value is -1.10. The summed E-state index contributed by atoms with van der Waals surface area (Å²) < 4.78 is 0. The minimum atomic E-state index is -0.744. The molecule has 1 fully saturated rings. The van der Waals surface area contributed by atoms with Gasteiger partial charge in [-0.2, -0.15) is 0 Å². The highest BCUT2D eigenvalue weighted by Crippen LogP contribution is 2.25. The Bertz CT molecular complexity index is 256. The zero-order valence-corrected chi connectivity index (χ0v) is 9.66. The van der Waals surface area contributed by atoms with E-state index in [2.05, 4.69) is 10.6 Å². The molecular weight excluding hydrogens is 208 g/mol. The third-order valence-electron chi connectivity index (χ3n) is 2.98. The maximum Gasteiger partial charge on any atom is 0.306 e. The number of hydrogen-bond acceptors (Lipinski definition) is 3. The van der Waals surface area contributed by atoms with E-state index in [0.717, 1.165) is 19.4 Å². The number of carboxylic acid groups (broad SMARTS) is 1. The monoisotopic (exact) mass is 228 g/mol. The van der Waals surface area contributed by atoms with Gasteiger partial charge in [0.05, 0.1) is 5.92 Å². The molecule has 0 unspecified atom stereocenters. The van der Waals surface area contributed by atoms with Crippen molar-refractivity contribution in [1.82, 2.24) is 10.6 Å². The Morgan fingerprint density at radius 2 is 2.12 bits per heavy atom. The van der Waals surface area contributed by atoms with Gasteiger partial charge >= 0.3 is 5.97 Å². The van der Waals surface area contributed by atoms with Crippen LogP contribution in [0.2, 0.25) is 0 Å². The number of carboxylic acids is 1. The van der Waals surface area contributed by atoms with Gasteiger partial charge in [-0.15, -0.1) is 0 Å². The first-order chi connectivity index (χ1) is 7.63. The van der Waals surface area contributed by atoms with E-state index < -0.39 is 5.97 Å². The molecule has 0 radical (unpaired) electrons. The summed E-state index contributed by atoms with van der Waals surface area (Å²) in [5.74, 6) is -0.985. The molecule has 5 heteroatoms. The second-order valence-electron chi connectivity index (χ2n) is 4.32. The van der Waals surface area contributed by atoms with Crippen molar-refractivity contribution in [2.24, 2.45) is 5.92 Å². The van der Waals surface area contributed by atoms with Gasteiger partial charge in [-0.1, -0.05) is 0 Å². The van der Waals surface area contributed by atoms with Crippen molar-refractivity contribution in [3.63, 3.8) is 0 Å². The zero-order chi connectivity index (χ0) is 12.0. The third kappa shape index (κ3) is 4.18. The number of amides is 1. The van der Waals surface area contributed by atoms with E-state index in [-0.39, 0.29) is 17.9 Å². The molecule has 1 rings (SSSR count). The van der Waals surface area contributed by atoms with Gasteiger partial charge in [0, 0.05) is 12.5 Å². The summed E-state index contributed by atoms with van der Waals surface area (Å²) in [6, 6.07) is 0.0585. The molecule has 0 aliphatic heterocycles. The van der Waals surface area contributed by atoms with Crippen molar-refractivity contribution in [1.29, 1.82) is 0 Å². The Morgan fingerprint density at radius 1 is 1.38 bits per heavy atom. The molecule has 0 aromatic heterocycles. The summed E-state index contributed by atoms with van der Waals surface area (Å²) in [5, 5.41) is 14.7. The van der Waals surface area contributed by atoms with Crippen LogP contribution >= 0.6 is 0 Å². The van der Waals surface area contributed by atoms with E-state index in [1.165, 1.54) is 0 Å². The van der Waals surface area contributed by atoms with Crippen LogP contribution in [-0.2, 0) is 9.59 Å². The summed E-state index contributed by atoms with van der Waals surface area (Å²) >= 11 is 0. The lowest BCUT2D eigenvalue weighted by Crippen LogP contribution is -2.33. The standard InChI is InChI=1S/C11H20N2O3/c1-12-6-2-3-10(14)13-9-5-4-8(7-9)11(15)16/h8-9,12H,2-7H2,1H3,(H,13,14)(H,15,16)/t8-,9+/m1/s1. The Kier molecular flexibility index (Phi) is 5.25. The molecule has 16 heavy (non-hydrogen) atoms. The summed E-state index contributed by atoms with van der Waals surface area (Å²) in [7, 11) is 1.85. The quantitative estimate of drug-likeness (QED) is 0.573. The van der Waals surface area contributed by atoms with Crippen LogP contribution in [0.5, 0.6) is 0 Å². The van der Waals surface area contributed by atoms with Crippen molar-refractivity contribution in [2.75, 3.05) is 13.6 Å². The van der Waals surface area contributed by atoms with Crippen molar-refractivity contribution < 1.29 is 14.7 Å². The predicted molar refractivity (Wildman–Crippen MR) is 60.1 cm³/mol. The molecule has 1 aliphatic rings. The lowest BCUT2D eigenvalue weighted by molar-refractivity contribution is -0.141. The van der Waals surface area contributed by atoms with E-state index in [1.807, 2.05) is 7.05 Å². The molecular formula is C11H20N2O3. The lowest BCUT2D eigenvalue weighted by atomic mass is 10.1. The molecule has 1 aliphatic carbocycles. The van der Waals surface area contributed by atoms with Gasteiger partial charge in [0.15, 0.2) is 0 Å². The molecule has 0 heterocycles. The number of rotatable bonds is 6. The Labute approximate surface area is 95.6 Å². The molecule has 1 saturated carbocycles. The molecule has 0 aromatic rings. The minimum absolute atomic E-state index is 0.0336. The van der Waals surface area contributed by atoms with Crippen LogP contribution in [-0.4, -0.2) is 36.6 Å². The lowest BCUT2D eigenvalue weighted by Gasteiger charge is -2.12. The van der Waals surface area contributed by atoms with Gasteiger partial charge in [0.2, 0.25) is 5.91 Å². The maximum atomic E-state index is 11.5. The van der Waals surface area contributed by atoms with Crippen molar-refractivity contribution in [2.45, 2.75) is 38.1 Å². The van der Waals surface area contributed by atoms with Gasteiger partial charge in [-0.3, -0.25) is 9.59 Å². The van der Waals surface area contributed by atoms with E-state index in [9.17, 15) is 9.59 Å². The second kappa shape index (κ2) is 6.48. The van der Waals surface area contributed by atoms with Crippen LogP contribution in [0.25, 0.3) is 0 Å². The van der Waals surface area contributed by atoms with Crippen LogP contribution in [0.15, 0.2) is 0 Å². The highest BCUT2D eigenvalue weighted by Gasteiger charge is 2.30. The predicted octanol–water partition coefficient (Wildman–Crippen LogP) is 0.355. The molecule has 2 atom stereocenters. The molecule has 0 bridgehead atoms. The average Bonchev–Trinajstić information content (AvgIpc) is 2.66. The summed E-state index contributed by atoms with van der Waals surface area (Å²) in [4.78, 5) is 22.2. The second-order valence-corrected chi connectivity index (χ2v) is 4.32. The Morgan fingerprint density at radius 3 is 2.69 bits per heavy atom. The number of aliphatic carboxylic acids is 1. The fourth-order valence-electron chi connectivity index (χ4n) is 2.06. The summed E-state index contributed by atoms with van der Waals surface area (Å²) in [6.07, 6.45) is 3.37. The third-order valence-corrected chi connectivity index (χ3v) is 2.98. The van der Waals surface area contributed by atoms with Crippen molar-refractivity contribution in [3.8, 4) is 0 Å². The molecule has 5 nitrogen and oxygen atoms in total. The van der Waals surface area contributed by atoms with E-state index in [1.54, 1.807) is 0 Å². The van der Waals surface area contributed by atoms with Crippen molar-refractivity contribution >= 4 is 11.9 Å². The smallest absolute Gasteiger partial charge is 0.306 e. The van der Waals surface area contributed by atoms with E-state index in [0.29, 0.717) is 19.3 Å². The van der Waals surface area contributed by atoms with E-state index in [4.69, 9.17) is 5.11 Å². The first kappa shape index (κ1) is 13.0. The van der Waals surface area contributed by atoms with Gasteiger partial charge < -0.3 is 15.7 Å². The topological polar surface area (TPSA) is 78.4 Å². The highest BCUT2D eigenvalue weighted by atomic mass is 16.4. The van der Waals surface area contributed by atoms with Crippen LogP contribution in [0.1, 0.15) is 32.1 Å². The van der Waals surface area contributed by atoms with Gasteiger partial charge in [-0.25, -0.2) is 0 Å². The average molecular weight is 228 g/mol. The Balaban J connectivity index is 2.18. The minimum Gasteiger partial charge on any atom is -0.481 e. The number of hydrogen-bond donors (Lipinski definition) is 3. The number of carbonyl (C=O) groups is 2. The van der Waals surface area contributed by atoms with Crippen molar-refractivity contribution in [3.05, 3.63) is 0 Å². The molecule has 0 saturated heterocycles. The normalized spacial score (nSPS) is 24.3. The molecule has 0 spiro atoms. The molecule has 1 amide bonds. The van der Waals surface area contributed by atoms with E-state index >= 15 is 0 Å². The zero-order valence-electron chi connectivity index (χ0n) is 9.66. The highest BCUT2D eigenvalue weighted by molar-refractivity contribution is 5.76.